The van der Waals surface area contributed by atoms with Gasteiger partial charge in [-0.05, 0) is 62.6 Å². The number of aromatic amines is 1. The molecule has 0 radical (unpaired) electrons. The molecule has 3 aromatic rings. The predicted octanol–water partition coefficient (Wildman–Crippen LogP) is 3.65. The van der Waals surface area contributed by atoms with Gasteiger partial charge in [0.15, 0.2) is 0 Å². The number of nitrogens with one attached hydrogen (secondary N) is 2. The first kappa shape index (κ1) is 25.2. The highest BCUT2D eigenvalue weighted by molar-refractivity contribution is 6.09. The molecule has 2 N–H and O–H groups in total. The van der Waals surface area contributed by atoms with Crippen LogP contribution in [0.5, 0.6) is 5.75 Å². The molecule has 37 heavy (non-hydrogen) atoms. The average Bonchev–Trinajstić information content (AvgIpc) is 3.67. The molecule has 0 atom stereocenters. The minimum atomic E-state index is -0.164. The van der Waals surface area contributed by atoms with E-state index in [9.17, 15) is 9.59 Å². The van der Waals surface area contributed by atoms with E-state index in [1.807, 2.05) is 13.0 Å². The summed E-state index contributed by atoms with van der Waals surface area (Å²) in [5.74, 6) is 1.26. The SMILES string of the molecule is CCc1ccc(OCC2CC2)c(-c2ncnc3c(C(=O)NC4CCN(C(=O)COC)CC4)c(C)[nH]c23)c1. The molecule has 3 heterocycles. The quantitative estimate of drug-likeness (QED) is 0.459. The Morgan fingerprint density at radius 2 is 1.95 bits per heavy atom. The largest absolute Gasteiger partial charge is 0.493 e. The molecule has 5 rings (SSSR count). The zero-order chi connectivity index (χ0) is 25.9. The molecule has 1 aromatic carbocycles. The number of H-pyrrole nitrogens is 1. The molecule has 0 unspecified atom stereocenters. The third-order valence-electron chi connectivity index (χ3n) is 7.33. The van der Waals surface area contributed by atoms with Gasteiger partial charge < -0.3 is 24.7 Å². The molecular formula is C28H35N5O4. The smallest absolute Gasteiger partial charge is 0.255 e. The summed E-state index contributed by atoms with van der Waals surface area (Å²) in [6.45, 7) is 6.01. The first-order chi connectivity index (χ1) is 18.0. The summed E-state index contributed by atoms with van der Waals surface area (Å²) in [5.41, 5.74) is 5.44. The molecule has 1 aliphatic heterocycles. The summed E-state index contributed by atoms with van der Waals surface area (Å²) in [5, 5.41) is 3.16. The minimum Gasteiger partial charge on any atom is -0.493 e. The van der Waals surface area contributed by atoms with Crippen molar-refractivity contribution in [3.8, 4) is 17.0 Å². The number of methoxy groups -OCH3 is 1. The number of hydrogen-bond acceptors (Lipinski definition) is 6. The second-order valence-electron chi connectivity index (χ2n) is 10.1. The summed E-state index contributed by atoms with van der Waals surface area (Å²) in [4.78, 5) is 39.8. The second-order valence-corrected chi connectivity index (χ2v) is 10.1. The van der Waals surface area contributed by atoms with Crippen LogP contribution in [-0.4, -0.2) is 71.1 Å². The number of hydrogen-bond donors (Lipinski definition) is 2. The molecule has 196 valence electrons. The molecule has 2 aromatic heterocycles. The normalized spacial score (nSPS) is 16.2. The van der Waals surface area contributed by atoms with Crippen molar-refractivity contribution in [2.75, 3.05) is 33.4 Å². The molecule has 2 aliphatic rings. The number of rotatable bonds is 9. The van der Waals surface area contributed by atoms with Crippen LogP contribution >= 0.6 is 0 Å². The highest BCUT2D eigenvalue weighted by atomic mass is 16.5. The van der Waals surface area contributed by atoms with Crippen molar-refractivity contribution < 1.29 is 19.1 Å². The number of benzene rings is 1. The zero-order valence-corrected chi connectivity index (χ0v) is 21.8. The maximum absolute atomic E-state index is 13.4. The number of carbonyl (C=O) groups is 2. The average molecular weight is 506 g/mol. The monoisotopic (exact) mass is 505 g/mol. The Morgan fingerprint density at radius 1 is 1.16 bits per heavy atom. The number of piperidine rings is 1. The third-order valence-corrected chi connectivity index (χ3v) is 7.33. The van der Waals surface area contributed by atoms with Crippen molar-refractivity contribution in [1.82, 2.24) is 25.2 Å². The Bertz CT molecular complexity index is 1290. The summed E-state index contributed by atoms with van der Waals surface area (Å²) in [7, 11) is 1.52. The van der Waals surface area contributed by atoms with Gasteiger partial charge in [0.05, 0.1) is 17.7 Å². The van der Waals surface area contributed by atoms with E-state index < -0.39 is 0 Å². The van der Waals surface area contributed by atoms with Crippen LogP contribution in [0, 0.1) is 12.8 Å². The molecule has 0 spiro atoms. The first-order valence-corrected chi connectivity index (χ1v) is 13.1. The molecule has 9 heteroatoms. The van der Waals surface area contributed by atoms with E-state index in [2.05, 4.69) is 39.3 Å². The van der Waals surface area contributed by atoms with Gasteiger partial charge in [0, 0.05) is 37.5 Å². The highest BCUT2D eigenvalue weighted by Gasteiger charge is 2.27. The molecule has 2 fully saturated rings. The molecule has 0 bridgehead atoms. The Kier molecular flexibility index (Phi) is 7.41. The van der Waals surface area contributed by atoms with E-state index in [1.54, 1.807) is 4.90 Å². The number of ether oxygens (including phenoxy) is 2. The number of aryl methyl sites for hydroxylation is 2. The summed E-state index contributed by atoms with van der Waals surface area (Å²) in [6.07, 6.45) is 6.26. The van der Waals surface area contributed by atoms with E-state index in [4.69, 9.17) is 9.47 Å². The second kappa shape index (κ2) is 10.9. The van der Waals surface area contributed by atoms with Gasteiger partial charge in [0.1, 0.15) is 29.9 Å². The van der Waals surface area contributed by atoms with Crippen molar-refractivity contribution in [3.05, 3.63) is 41.3 Å². The lowest BCUT2D eigenvalue weighted by Gasteiger charge is -2.32. The zero-order valence-electron chi connectivity index (χ0n) is 21.8. The summed E-state index contributed by atoms with van der Waals surface area (Å²) < 4.78 is 11.2. The first-order valence-electron chi connectivity index (χ1n) is 13.1. The van der Waals surface area contributed by atoms with Crippen LogP contribution in [0.25, 0.3) is 22.3 Å². The lowest BCUT2D eigenvalue weighted by molar-refractivity contribution is -0.136. The molecule has 1 aliphatic carbocycles. The fourth-order valence-electron chi connectivity index (χ4n) is 4.95. The van der Waals surface area contributed by atoms with E-state index in [-0.39, 0.29) is 24.5 Å². The van der Waals surface area contributed by atoms with Gasteiger partial charge in [0.25, 0.3) is 5.91 Å². The van der Waals surface area contributed by atoms with Crippen molar-refractivity contribution in [2.24, 2.45) is 5.92 Å². The van der Waals surface area contributed by atoms with Gasteiger partial charge in [-0.25, -0.2) is 9.97 Å². The predicted molar refractivity (Wildman–Crippen MR) is 141 cm³/mol. The molecule has 1 saturated heterocycles. The number of likely N-dealkylation sites (tertiary alicyclic amines) is 1. The van der Waals surface area contributed by atoms with Crippen LogP contribution in [0.2, 0.25) is 0 Å². The Labute approximate surface area is 217 Å². The fourth-order valence-corrected chi connectivity index (χ4v) is 4.95. The minimum absolute atomic E-state index is 0.00610. The van der Waals surface area contributed by atoms with E-state index in [0.29, 0.717) is 49.5 Å². The fraction of sp³-hybridized carbons (Fsp3) is 0.500. The van der Waals surface area contributed by atoms with Crippen LogP contribution in [0.4, 0.5) is 0 Å². The maximum Gasteiger partial charge on any atom is 0.255 e. The maximum atomic E-state index is 13.4. The van der Waals surface area contributed by atoms with Gasteiger partial charge >= 0.3 is 0 Å². The van der Waals surface area contributed by atoms with Gasteiger partial charge in [0.2, 0.25) is 5.91 Å². The lowest BCUT2D eigenvalue weighted by atomic mass is 10.0. The molecular weight excluding hydrogens is 470 g/mol. The highest BCUT2D eigenvalue weighted by Crippen LogP contribution is 2.37. The van der Waals surface area contributed by atoms with Crippen LogP contribution < -0.4 is 10.1 Å². The van der Waals surface area contributed by atoms with Crippen molar-refractivity contribution in [1.29, 1.82) is 0 Å². The van der Waals surface area contributed by atoms with Gasteiger partial charge in [-0.2, -0.15) is 0 Å². The standard InChI is InChI=1S/C28H35N5O4/c1-4-18-7-8-22(37-14-19-5-6-19)21(13-18)25-27-26(30-16-29-25)24(17(2)31-27)28(35)32-20-9-11-33(12-10-20)23(34)15-36-3/h7-8,13,16,19-20,31H,4-6,9-12,14-15H2,1-3H3,(H,32,35). The Balaban J connectivity index is 1.39. The number of amides is 2. The third kappa shape index (κ3) is 5.46. The van der Waals surface area contributed by atoms with E-state index in [0.717, 1.165) is 34.6 Å². The van der Waals surface area contributed by atoms with Crippen LogP contribution in [0.15, 0.2) is 24.5 Å². The van der Waals surface area contributed by atoms with E-state index in [1.165, 1.54) is 31.8 Å². The van der Waals surface area contributed by atoms with Gasteiger partial charge in [-0.15, -0.1) is 0 Å². The number of carbonyl (C=O) groups excluding carboxylic acids is 2. The van der Waals surface area contributed by atoms with Crippen LogP contribution in [-0.2, 0) is 16.0 Å². The number of fused-ring (bicyclic) bond motifs is 1. The molecule has 1 saturated carbocycles. The Hall–Kier alpha value is -3.46. The van der Waals surface area contributed by atoms with Crippen molar-refractivity contribution in [3.63, 3.8) is 0 Å². The summed E-state index contributed by atoms with van der Waals surface area (Å²) >= 11 is 0. The molecule has 2 amide bonds. The summed E-state index contributed by atoms with van der Waals surface area (Å²) in [6, 6.07) is 6.24. The number of aromatic nitrogens is 3. The van der Waals surface area contributed by atoms with E-state index >= 15 is 0 Å². The lowest BCUT2D eigenvalue weighted by Crippen LogP contribution is -2.47. The topological polar surface area (TPSA) is 109 Å². The van der Waals surface area contributed by atoms with Gasteiger partial charge in [-0.3, -0.25) is 9.59 Å². The number of nitrogens with zero attached hydrogens (tertiary/aromatic N) is 3. The Morgan fingerprint density at radius 3 is 2.65 bits per heavy atom. The van der Waals surface area contributed by atoms with Crippen LogP contribution in [0.3, 0.4) is 0 Å². The molecule has 9 nitrogen and oxygen atoms in total. The van der Waals surface area contributed by atoms with Crippen molar-refractivity contribution in [2.45, 2.75) is 52.0 Å². The van der Waals surface area contributed by atoms with Crippen LogP contribution in [0.1, 0.15) is 54.2 Å². The van der Waals surface area contributed by atoms with Crippen molar-refractivity contribution >= 4 is 22.8 Å². The van der Waals surface area contributed by atoms with Gasteiger partial charge in [-0.1, -0.05) is 13.0 Å².